The number of rotatable bonds is 2. The molecule has 1 fully saturated rings. The zero-order valence-electron chi connectivity index (χ0n) is 11.3. The number of hydrogen-bond acceptors (Lipinski definition) is 4. The Bertz CT molecular complexity index is 540. The molecule has 3 rings (SSSR count). The molecule has 2 aliphatic rings. The second kappa shape index (κ2) is 5.44. The number of fused-ring (bicyclic) bond motifs is 1. The third-order valence-electron chi connectivity index (χ3n) is 4.34. The fourth-order valence-corrected chi connectivity index (χ4v) is 4.34. The van der Waals surface area contributed by atoms with Gasteiger partial charge in [-0.05, 0) is 49.1 Å². The average molecular weight is 293 g/mol. The van der Waals surface area contributed by atoms with Gasteiger partial charge in [0, 0.05) is 11.4 Å². The molecule has 1 aromatic rings. The fraction of sp³-hybridized carbons (Fsp3) is 0.571. The second-order valence-corrected chi connectivity index (χ2v) is 6.46. The molecule has 1 aliphatic heterocycles. The van der Waals surface area contributed by atoms with Gasteiger partial charge in [-0.2, -0.15) is 0 Å². The molecule has 20 heavy (non-hydrogen) atoms. The van der Waals surface area contributed by atoms with Gasteiger partial charge in [0.1, 0.15) is 0 Å². The number of amides is 1. The third kappa shape index (κ3) is 2.18. The van der Waals surface area contributed by atoms with Crippen LogP contribution in [0.5, 0.6) is 0 Å². The Morgan fingerprint density at radius 1 is 1.45 bits per heavy atom. The average Bonchev–Trinajstić information content (AvgIpc) is 3.13. The maximum absolute atomic E-state index is 12.8. The molecule has 0 aromatic carbocycles. The molecular weight excluding hydrogens is 274 g/mol. The van der Waals surface area contributed by atoms with Crippen LogP contribution < -0.4 is 5.73 Å². The number of nitrogens with two attached hydrogens (primary N) is 1. The van der Waals surface area contributed by atoms with Crippen LogP contribution in [0.25, 0.3) is 0 Å². The summed E-state index contributed by atoms with van der Waals surface area (Å²) in [4.78, 5) is 16.0. The molecule has 5 nitrogen and oxygen atoms in total. The Balaban J connectivity index is 1.83. The van der Waals surface area contributed by atoms with Gasteiger partial charge in [-0.15, -0.1) is 11.3 Å². The van der Waals surface area contributed by atoms with Gasteiger partial charge in [0.15, 0.2) is 5.84 Å². The quantitative estimate of drug-likeness (QED) is 0.378. The van der Waals surface area contributed by atoms with Crippen molar-refractivity contribution in [3.05, 3.63) is 21.9 Å². The number of amidine groups is 1. The number of likely N-dealkylation sites (tertiary alicyclic amines) is 1. The summed E-state index contributed by atoms with van der Waals surface area (Å²) in [5.41, 5.74) is 6.91. The lowest BCUT2D eigenvalue weighted by atomic mass is 9.86. The van der Waals surface area contributed by atoms with E-state index in [-0.39, 0.29) is 23.7 Å². The van der Waals surface area contributed by atoms with Gasteiger partial charge in [-0.1, -0.05) is 5.16 Å². The lowest BCUT2D eigenvalue weighted by Crippen LogP contribution is -2.46. The minimum absolute atomic E-state index is 0.0444. The summed E-state index contributed by atoms with van der Waals surface area (Å²) in [6.07, 6.45) is 4.75. The van der Waals surface area contributed by atoms with Gasteiger partial charge in [0.2, 0.25) is 5.91 Å². The van der Waals surface area contributed by atoms with E-state index in [2.05, 4.69) is 16.6 Å². The minimum Gasteiger partial charge on any atom is -0.409 e. The summed E-state index contributed by atoms with van der Waals surface area (Å²) in [5.74, 6) is 0.243. The first-order valence-corrected chi connectivity index (χ1v) is 7.94. The number of carbonyl (C=O) groups is 1. The van der Waals surface area contributed by atoms with E-state index in [4.69, 9.17) is 10.9 Å². The Kier molecular flexibility index (Phi) is 3.65. The van der Waals surface area contributed by atoms with Crippen molar-refractivity contribution in [3.63, 3.8) is 0 Å². The predicted molar refractivity (Wildman–Crippen MR) is 78.1 cm³/mol. The fourth-order valence-electron chi connectivity index (χ4n) is 3.35. The van der Waals surface area contributed by atoms with Crippen molar-refractivity contribution in [1.82, 2.24) is 4.90 Å². The van der Waals surface area contributed by atoms with Crippen molar-refractivity contribution >= 4 is 23.1 Å². The number of aryl methyl sites for hydroxylation is 1. The predicted octanol–water partition coefficient (Wildman–Crippen LogP) is 1.91. The molecule has 2 atom stereocenters. The van der Waals surface area contributed by atoms with E-state index in [0.29, 0.717) is 6.54 Å². The van der Waals surface area contributed by atoms with Crippen LogP contribution in [0.1, 0.15) is 42.0 Å². The highest BCUT2D eigenvalue weighted by atomic mass is 32.1. The SMILES string of the molecule is N/C(=N/O)C1CCCN1C(=O)C1CCCc2sccc21. The van der Waals surface area contributed by atoms with Crippen molar-refractivity contribution in [2.75, 3.05) is 6.54 Å². The Morgan fingerprint density at radius 3 is 3.10 bits per heavy atom. The number of hydrogen-bond donors (Lipinski definition) is 2. The van der Waals surface area contributed by atoms with E-state index in [1.54, 1.807) is 16.2 Å². The van der Waals surface area contributed by atoms with E-state index in [9.17, 15) is 4.79 Å². The maximum Gasteiger partial charge on any atom is 0.230 e. The van der Waals surface area contributed by atoms with Crippen LogP contribution in [-0.2, 0) is 11.2 Å². The zero-order valence-corrected chi connectivity index (χ0v) is 12.1. The number of carbonyl (C=O) groups excluding carboxylic acids is 1. The smallest absolute Gasteiger partial charge is 0.230 e. The van der Waals surface area contributed by atoms with Crippen molar-refractivity contribution in [1.29, 1.82) is 0 Å². The summed E-state index contributed by atoms with van der Waals surface area (Å²) >= 11 is 1.74. The minimum atomic E-state index is -0.239. The standard InChI is InChI=1S/C14H19N3O2S/c15-13(16-19)11-4-2-7-17(11)14(18)10-3-1-5-12-9(10)6-8-20-12/h6,8,10-11,19H,1-5,7H2,(H2,15,16). The molecule has 0 radical (unpaired) electrons. The van der Waals surface area contributed by atoms with Crippen LogP contribution in [0.15, 0.2) is 16.6 Å². The topological polar surface area (TPSA) is 78.9 Å². The number of nitrogens with zero attached hydrogens (tertiary/aromatic N) is 2. The van der Waals surface area contributed by atoms with Crippen molar-refractivity contribution in [2.45, 2.75) is 44.1 Å². The highest BCUT2D eigenvalue weighted by Gasteiger charge is 2.37. The Morgan fingerprint density at radius 2 is 2.30 bits per heavy atom. The molecule has 2 heterocycles. The summed E-state index contributed by atoms with van der Waals surface area (Å²) in [5, 5.41) is 14.0. The van der Waals surface area contributed by atoms with Crippen LogP contribution in [0.2, 0.25) is 0 Å². The number of oxime groups is 1. The first kappa shape index (κ1) is 13.4. The van der Waals surface area contributed by atoms with Gasteiger partial charge in [-0.25, -0.2) is 0 Å². The normalized spacial score (nSPS) is 26.6. The monoisotopic (exact) mass is 293 g/mol. The molecule has 1 aliphatic carbocycles. The molecule has 3 N–H and O–H groups in total. The van der Waals surface area contributed by atoms with Gasteiger partial charge in [-0.3, -0.25) is 4.79 Å². The Labute approximate surface area is 122 Å². The van der Waals surface area contributed by atoms with Gasteiger partial charge >= 0.3 is 0 Å². The van der Waals surface area contributed by atoms with Crippen LogP contribution >= 0.6 is 11.3 Å². The maximum atomic E-state index is 12.8. The second-order valence-electron chi connectivity index (χ2n) is 5.46. The van der Waals surface area contributed by atoms with E-state index in [1.165, 1.54) is 10.4 Å². The largest absolute Gasteiger partial charge is 0.409 e. The lowest BCUT2D eigenvalue weighted by Gasteiger charge is -2.30. The van der Waals surface area contributed by atoms with Crippen LogP contribution in [0.3, 0.4) is 0 Å². The van der Waals surface area contributed by atoms with Crippen LogP contribution in [0.4, 0.5) is 0 Å². The van der Waals surface area contributed by atoms with Gasteiger partial charge in [0.05, 0.1) is 12.0 Å². The van der Waals surface area contributed by atoms with Crippen molar-refractivity contribution < 1.29 is 10.0 Å². The molecule has 2 unspecified atom stereocenters. The molecule has 1 saturated heterocycles. The van der Waals surface area contributed by atoms with E-state index < -0.39 is 0 Å². The highest BCUT2D eigenvalue weighted by molar-refractivity contribution is 7.10. The van der Waals surface area contributed by atoms with Gasteiger partial charge < -0.3 is 15.8 Å². The van der Waals surface area contributed by atoms with Crippen molar-refractivity contribution in [2.24, 2.45) is 10.9 Å². The molecule has 0 spiro atoms. The molecule has 0 bridgehead atoms. The molecule has 1 amide bonds. The van der Waals surface area contributed by atoms with Crippen LogP contribution in [0, 0.1) is 0 Å². The highest BCUT2D eigenvalue weighted by Crippen LogP contribution is 2.37. The van der Waals surface area contributed by atoms with E-state index >= 15 is 0 Å². The number of thiophene rings is 1. The molecule has 1 aromatic heterocycles. The lowest BCUT2D eigenvalue weighted by molar-refractivity contribution is -0.133. The van der Waals surface area contributed by atoms with E-state index in [1.807, 2.05) is 0 Å². The van der Waals surface area contributed by atoms with Crippen LogP contribution in [-0.4, -0.2) is 34.4 Å². The third-order valence-corrected chi connectivity index (χ3v) is 5.34. The Hall–Kier alpha value is -1.56. The van der Waals surface area contributed by atoms with Crippen molar-refractivity contribution in [3.8, 4) is 0 Å². The first-order chi connectivity index (χ1) is 9.72. The molecule has 6 heteroatoms. The summed E-state index contributed by atoms with van der Waals surface area (Å²) in [7, 11) is 0. The van der Waals surface area contributed by atoms with Gasteiger partial charge in [0.25, 0.3) is 0 Å². The zero-order chi connectivity index (χ0) is 14.1. The summed E-state index contributed by atoms with van der Waals surface area (Å²) in [6, 6.07) is 1.84. The summed E-state index contributed by atoms with van der Waals surface area (Å²) < 4.78 is 0. The first-order valence-electron chi connectivity index (χ1n) is 7.06. The van der Waals surface area contributed by atoms with E-state index in [0.717, 1.165) is 32.1 Å². The molecular formula is C14H19N3O2S. The summed E-state index contributed by atoms with van der Waals surface area (Å²) in [6.45, 7) is 0.704. The molecule has 0 saturated carbocycles. The molecule has 108 valence electrons.